The number of ether oxygens (including phenoxy) is 1. The van der Waals surface area contributed by atoms with E-state index in [4.69, 9.17) is 4.74 Å². The second-order valence-corrected chi connectivity index (χ2v) is 3.73. The zero-order chi connectivity index (χ0) is 13.1. The number of nitrogens with zero attached hydrogens (tertiary/aromatic N) is 1. The molecule has 6 heteroatoms. The van der Waals surface area contributed by atoms with Gasteiger partial charge in [-0.2, -0.15) is 5.10 Å². The number of halogens is 1. The van der Waals surface area contributed by atoms with Crippen LogP contribution in [0.4, 0.5) is 10.2 Å². The topological polar surface area (TPSA) is 67.0 Å². The molecule has 0 fully saturated rings. The number of hydrogen-bond donors (Lipinski definition) is 2. The van der Waals surface area contributed by atoms with E-state index in [1.54, 1.807) is 6.20 Å². The van der Waals surface area contributed by atoms with Crippen LogP contribution in [-0.4, -0.2) is 23.2 Å². The molecule has 0 spiro atoms. The van der Waals surface area contributed by atoms with Crippen molar-refractivity contribution in [3.8, 4) is 5.75 Å². The smallest absolute Gasteiger partial charge is 0.256 e. The lowest BCUT2D eigenvalue weighted by molar-refractivity contribution is 0.102. The number of benzene rings is 1. The Labute approximate surface area is 103 Å². The Balaban J connectivity index is 2.21. The molecule has 0 aliphatic carbocycles. The summed E-state index contributed by atoms with van der Waals surface area (Å²) in [6.07, 6.45) is 1.60. The Hall–Kier alpha value is -2.37. The molecular formula is C12H12FN3O2. The van der Waals surface area contributed by atoms with Gasteiger partial charge in [0, 0.05) is 11.1 Å². The second-order valence-electron chi connectivity index (χ2n) is 3.73. The minimum atomic E-state index is -0.508. The van der Waals surface area contributed by atoms with E-state index in [0.29, 0.717) is 11.4 Å². The van der Waals surface area contributed by atoms with Gasteiger partial charge in [0.15, 0.2) is 11.6 Å². The van der Waals surface area contributed by atoms with E-state index in [1.807, 2.05) is 6.92 Å². The summed E-state index contributed by atoms with van der Waals surface area (Å²) in [5.41, 5.74) is 1.12. The highest BCUT2D eigenvalue weighted by Crippen LogP contribution is 2.19. The number of carbonyl (C=O) groups is 1. The van der Waals surface area contributed by atoms with Gasteiger partial charge in [-0.05, 0) is 25.1 Å². The number of amides is 1. The van der Waals surface area contributed by atoms with Crippen LogP contribution >= 0.6 is 0 Å². The highest BCUT2D eigenvalue weighted by molar-refractivity contribution is 6.04. The Morgan fingerprint density at radius 1 is 1.50 bits per heavy atom. The molecule has 0 saturated heterocycles. The summed E-state index contributed by atoms with van der Waals surface area (Å²) in [4.78, 5) is 11.9. The summed E-state index contributed by atoms with van der Waals surface area (Å²) >= 11 is 0. The predicted octanol–water partition coefficient (Wildman–Crippen LogP) is 2.12. The van der Waals surface area contributed by atoms with E-state index in [2.05, 4.69) is 15.5 Å². The van der Waals surface area contributed by atoms with Gasteiger partial charge in [0.1, 0.15) is 5.82 Å². The Morgan fingerprint density at radius 3 is 2.89 bits per heavy atom. The highest BCUT2D eigenvalue weighted by Gasteiger charge is 2.11. The summed E-state index contributed by atoms with van der Waals surface area (Å²) < 4.78 is 18.0. The van der Waals surface area contributed by atoms with Crippen LogP contribution in [0.1, 0.15) is 15.9 Å². The van der Waals surface area contributed by atoms with Crippen LogP contribution in [0, 0.1) is 12.7 Å². The molecule has 0 bridgehead atoms. The highest BCUT2D eigenvalue weighted by atomic mass is 19.1. The average Bonchev–Trinajstić information content (AvgIpc) is 2.75. The molecule has 0 atom stereocenters. The number of carbonyl (C=O) groups excluding carboxylic acids is 1. The number of aromatic nitrogens is 2. The molecule has 1 amide bonds. The summed E-state index contributed by atoms with van der Waals surface area (Å²) in [6.45, 7) is 1.81. The van der Waals surface area contributed by atoms with Crippen LogP contribution in [-0.2, 0) is 0 Å². The molecular weight excluding hydrogens is 237 g/mol. The molecule has 1 aromatic heterocycles. The van der Waals surface area contributed by atoms with Crippen LogP contribution in [0.3, 0.4) is 0 Å². The van der Waals surface area contributed by atoms with Crippen molar-refractivity contribution < 1.29 is 13.9 Å². The van der Waals surface area contributed by atoms with Crippen molar-refractivity contribution in [1.82, 2.24) is 10.2 Å². The fraction of sp³-hybridized carbons (Fsp3) is 0.167. The molecule has 18 heavy (non-hydrogen) atoms. The van der Waals surface area contributed by atoms with Crippen LogP contribution in [0.5, 0.6) is 5.75 Å². The third-order valence-electron chi connectivity index (χ3n) is 2.48. The maximum Gasteiger partial charge on any atom is 0.256 e. The number of aryl methyl sites for hydroxylation is 1. The minimum Gasteiger partial charge on any atom is -0.494 e. The van der Waals surface area contributed by atoms with Gasteiger partial charge in [0.2, 0.25) is 0 Å². The zero-order valence-electron chi connectivity index (χ0n) is 9.95. The first-order valence-corrected chi connectivity index (χ1v) is 5.26. The molecule has 2 rings (SSSR count). The lowest BCUT2D eigenvalue weighted by Gasteiger charge is -2.06. The van der Waals surface area contributed by atoms with Gasteiger partial charge in [0.05, 0.1) is 13.3 Å². The molecule has 0 aliphatic heterocycles. The van der Waals surface area contributed by atoms with Gasteiger partial charge in [-0.25, -0.2) is 4.39 Å². The molecule has 94 valence electrons. The summed E-state index contributed by atoms with van der Waals surface area (Å²) in [5, 5.41) is 9.09. The number of rotatable bonds is 3. The SMILES string of the molecule is COc1cc(C(=O)Nc2[nH]ncc2C)ccc1F. The first-order valence-electron chi connectivity index (χ1n) is 5.26. The van der Waals surface area contributed by atoms with E-state index in [0.717, 1.165) is 5.56 Å². The lowest BCUT2D eigenvalue weighted by atomic mass is 10.2. The van der Waals surface area contributed by atoms with Gasteiger partial charge in [-0.15, -0.1) is 0 Å². The van der Waals surface area contributed by atoms with Crippen LogP contribution in [0.15, 0.2) is 24.4 Å². The summed E-state index contributed by atoms with van der Waals surface area (Å²) in [6, 6.07) is 3.92. The predicted molar refractivity (Wildman–Crippen MR) is 64.2 cm³/mol. The largest absolute Gasteiger partial charge is 0.494 e. The third-order valence-corrected chi connectivity index (χ3v) is 2.48. The van der Waals surface area contributed by atoms with E-state index in [9.17, 15) is 9.18 Å². The Morgan fingerprint density at radius 2 is 2.28 bits per heavy atom. The number of hydrogen-bond acceptors (Lipinski definition) is 3. The fourth-order valence-corrected chi connectivity index (χ4v) is 1.46. The standard InChI is InChI=1S/C12H12FN3O2/c1-7-6-14-16-11(7)15-12(17)8-3-4-9(13)10(5-8)18-2/h3-6H,1-2H3,(H2,14,15,16,17). The number of H-pyrrole nitrogens is 1. The fourth-order valence-electron chi connectivity index (χ4n) is 1.46. The van der Waals surface area contributed by atoms with Crippen molar-refractivity contribution in [2.24, 2.45) is 0 Å². The lowest BCUT2D eigenvalue weighted by Crippen LogP contribution is -2.13. The molecule has 2 N–H and O–H groups in total. The summed E-state index contributed by atoms with van der Waals surface area (Å²) in [7, 11) is 1.35. The number of methoxy groups -OCH3 is 1. The van der Waals surface area contributed by atoms with Crippen molar-refractivity contribution in [2.45, 2.75) is 6.92 Å². The second kappa shape index (κ2) is 4.87. The van der Waals surface area contributed by atoms with E-state index >= 15 is 0 Å². The van der Waals surface area contributed by atoms with Crippen LogP contribution < -0.4 is 10.1 Å². The van der Waals surface area contributed by atoms with Crippen molar-refractivity contribution in [2.75, 3.05) is 12.4 Å². The van der Waals surface area contributed by atoms with Gasteiger partial charge in [0.25, 0.3) is 5.91 Å². The van der Waals surface area contributed by atoms with Gasteiger partial charge >= 0.3 is 0 Å². The first kappa shape index (κ1) is 12.1. The van der Waals surface area contributed by atoms with Gasteiger partial charge in [-0.1, -0.05) is 0 Å². The van der Waals surface area contributed by atoms with Crippen LogP contribution in [0.2, 0.25) is 0 Å². The van der Waals surface area contributed by atoms with Gasteiger partial charge in [-0.3, -0.25) is 9.89 Å². The Kier molecular flexibility index (Phi) is 3.27. The van der Waals surface area contributed by atoms with Crippen molar-refractivity contribution in [3.63, 3.8) is 0 Å². The molecule has 1 heterocycles. The van der Waals surface area contributed by atoms with Crippen molar-refractivity contribution >= 4 is 11.7 Å². The molecule has 0 unspecified atom stereocenters. The third kappa shape index (κ3) is 2.32. The average molecular weight is 249 g/mol. The molecule has 0 aliphatic rings. The quantitative estimate of drug-likeness (QED) is 0.875. The molecule has 1 aromatic carbocycles. The summed E-state index contributed by atoms with van der Waals surface area (Å²) in [5.74, 6) is -0.320. The van der Waals surface area contributed by atoms with Gasteiger partial charge < -0.3 is 10.1 Å². The number of nitrogens with one attached hydrogen (secondary N) is 2. The van der Waals surface area contributed by atoms with E-state index in [-0.39, 0.29) is 11.7 Å². The van der Waals surface area contributed by atoms with Crippen molar-refractivity contribution in [1.29, 1.82) is 0 Å². The first-order chi connectivity index (χ1) is 8.61. The normalized spacial score (nSPS) is 10.2. The van der Waals surface area contributed by atoms with E-state index < -0.39 is 5.82 Å². The molecule has 0 saturated carbocycles. The molecule has 2 aromatic rings. The number of aromatic amines is 1. The minimum absolute atomic E-state index is 0.0315. The monoisotopic (exact) mass is 249 g/mol. The van der Waals surface area contributed by atoms with Crippen LogP contribution in [0.25, 0.3) is 0 Å². The van der Waals surface area contributed by atoms with E-state index in [1.165, 1.54) is 25.3 Å². The number of anilines is 1. The van der Waals surface area contributed by atoms with Crippen molar-refractivity contribution in [3.05, 3.63) is 41.3 Å². The molecule has 0 radical (unpaired) electrons. The Bertz CT molecular complexity index is 580. The molecule has 5 nitrogen and oxygen atoms in total. The zero-order valence-corrected chi connectivity index (χ0v) is 9.95. The maximum atomic E-state index is 13.2. The maximum absolute atomic E-state index is 13.2.